The Hall–Kier alpha value is -0.850. The van der Waals surface area contributed by atoms with Gasteiger partial charge in [0.1, 0.15) is 0 Å². The molecule has 0 spiro atoms. The zero-order valence-corrected chi connectivity index (χ0v) is 9.20. The van der Waals surface area contributed by atoms with Gasteiger partial charge in [-0.05, 0) is 19.3 Å². The second-order valence-corrected chi connectivity index (χ2v) is 3.48. The van der Waals surface area contributed by atoms with E-state index in [1.165, 1.54) is 0 Å². The van der Waals surface area contributed by atoms with Crippen molar-refractivity contribution in [2.45, 2.75) is 34.1 Å². The summed E-state index contributed by atoms with van der Waals surface area (Å²) in [6, 6.07) is 0. The van der Waals surface area contributed by atoms with Crippen molar-refractivity contribution in [2.24, 2.45) is 16.8 Å². The van der Waals surface area contributed by atoms with E-state index in [9.17, 15) is 0 Å². The smallest absolute Gasteiger partial charge is 0.0226 e. The summed E-state index contributed by atoms with van der Waals surface area (Å²) in [4.78, 5) is 4.24. The van der Waals surface area contributed by atoms with Crippen molar-refractivity contribution in [3.05, 3.63) is 24.4 Å². The van der Waals surface area contributed by atoms with Crippen LogP contribution in [0.1, 0.15) is 34.1 Å². The molecule has 0 aromatic carbocycles. The first-order valence-corrected chi connectivity index (χ1v) is 5.03. The summed E-state index contributed by atoms with van der Waals surface area (Å²) in [5.41, 5.74) is 0. The molecular formula is C12H21N. The van der Waals surface area contributed by atoms with Crippen molar-refractivity contribution in [1.29, 1.82) is 0 Å². The van der Waals surface area contributed by atoms with Gasteiger partial charge in [0, 0.05) is 18.3 Å². The summed E-state index contributed by atoms with van der Waals surface area (Å²) in [5.74, 6) is 1.07. The van der Waals surface area contributed by atoms with Crippen LogP contribution in [0.15, 0.2) is 29.4 Å². The zero-order valence-electron chi connectivity index (χ0n) is 9.20. The lowest BCUT2D eigenvalue weighted by Crippen LogP contribution is -1.94. The van der Waals surface area contributed by atoms with E-state index in [2.05, 4.69) is 44.0 Å². The van der Waals surface area contributed by atoms with Crippen LogP contribution in [0.2, 0.25) is 0 Å². The maximum Gasteiger partial charge on any atom is 0.0226 e. The third-order valence-corrected chi connectivity index (χ3v) is 1.75. The summed E-state index contributed by atoms with van der Waals surface area (Å²) in [5, 5.41) is 0. The second-order valence-electron chi connectivity index (χ2n) is 3.48. The van der Waals surface area contributed by atoms with Gasteiger partial charge in [0.15, 0.2) is 0 Å². The Morgan fingerprint density at radius 3 is 2.38 bits per heavy atom. The predicted octanol–water partition coefficient (Wildman–Crippen LogP) is 3.83. The molecule has 0 aromatic rings. The van der Waals surface area contributed by atoms with E-state index in [1.807, 2.05) is 19.3 Å². The molecule has 0 fully saturated rings. The van der Waals surface area contributed by atoms with E-state index in [4.69, 9.17) is 0 Å². The molecule has 0 aromatic heterocycles. The quantitative estimate of drug-likeness (QED) is 0.449. The predicted molar refractivity (Wildman–Crippen MR) is 61.1 cm³/mol. The number of hydrogen-bond donors (Lipinski definition) is 0. The fourth-order valence-corrected chi connectivity index (χ4v) is 0.920. The van der Waals surface area contributed by atoms with Gasteiger partial charge in [0.25, 0.3) is 0 Å². The molecule has 1 nitrogen and oxygen atoms in total. The lowest BCUT2D eigenvalue weighted by atomic mass is 10.1. The molecule has 0 aliphatic heterocycles. The van der Waals surface area contributed by atoms with Crippen LogP contribution in [0.25, 0.3) is 0 Å². The second kappa shape index (κ2) is 7.78. The molecule has 74 valence electrons. The average Bonchev–Trinajstić information content (AvgIpc) is 2.10. The summed E-state index contributed by atoms with van der Waals surface area (Å²) in [6.45, 7) is 8.51. The van der Waals surface area contributed by atoms with Gasteiger partial charge in [-0.25, -0.2) is 0 Å². The van der Waals surface area contributed by atoms with Crippen LogP contribution in [0.4, 0.5) is 0 Å². The van der Waals surface area contributed by atoms with Gasteiger partial charge < -0.3 is 0 Å². The Morgan fingerprint density at radius 1 is 1.23 bits per heavy atom. The Labute approximate surface area is 82.3 Å². The molecule has 0 aliphatic rings. The van der Waals surface area contributed by atoms with Gasteiger partial charge in [0.2, 0.25) is 0 Å². The van der Waals surface area contributed by atoms with Crippen molar-refractivity contribution >= 4 is 6.21 Å². The highest BCUT2D eigenvalue weighted by atomic mass is 14.7. The summed E-state index contributed by atoms with van der Waals surface area (Å²) in [7, 11) is 0. The van der Waals surface area contributed by atoms with Crippen molar-refractivity contribution in [1.82, 2.24) is 0 Å². The van der Waals surface area contributed by atoms with Crippen LogP contribution < -0.4 is 0 Å². The Bertz CT molecular complexity index is 187. The molecular weight excluding hydrogens is 158 g/mol. The molecule has 0 radical (unpaired) electrons. The highest BCUT2D eigenvalue weighted by molar-refractivity contribution is 5.63. The van der Waals surface area contributed by atoms with Crippen LogP contribution in [0, 0.1) is 11.8 Å². The maximum atomic E-state index is 4.24. The first-order valence-electron chi connectivity index (χ1n) is 5.03. The van der Waals surface area contributed by atoms with E-state index < -0.39 is 0 Å². The van der Waals surface area contributed by atoms with Crippen LogP contribution in [-0.4, -0.2) is 6.21 Å². The Kier molecular flexibility index (Phi) is 7.27. The third kappa shape index (κ3) is 7.51. The molecule has 0 saturated heterocycles. The van der Waals surface area contributed by atoms with Gasteiger partial charge in [0.05, 0.1) is 0 Å². The average molecular weight is 179 g/mol. The van der Waals surface area contributed by atoms with Gasteiger partial charge in [-0.3, -0.25) is 4.99 Å². The minimum atomic E-state index is 0.488. The molecule has 0 heterocycles. The summed E-state index contributed by atoms with van der Waals surface area (Å²) in [6.07, 6.45) is 11.3. The van der Waals surface area contributed by atoms with Gasteiger partial charge in [-0.15, -0.1) is 0 Å². The molecule has 0 rings (SSSR count). The third-order valence-electron chi connectivity index (χ3n) is 1.75. The van der Waals surface area contributed by atoms with E-state index in [-0.39, 0.29) is 0 Å². The zero-order chi connectivity index (χ0) is 10.1. The fraction of sp³-hybridized carbons (Fsp3) is 0.583. The number of allylic oxidation sites excluding steroid dienone is 3. The molecule has 0 N–H and O–H groups in total. The van der Waals surface area contributed by atoms with Crippen molar-refractivity contribution in [2.75, 3.05) is 0 Å². The van der Waals surface area contributed by atoms with Gasteiger partial charge >= 0.3 is 0 Å². The molecule has 0 bridgehead atoms. The van der Waals surface area contributed by atoms with E-state index in [0.717, 1.165) is 6.42 Å². The van der Waals surface area contributed by atoms with E-state index in [0.29, 0.717) is 11.8 Å². The Morgan fingerprint density at radius 2 is 1.92 bits per heavy atom. The molecule has 0 saturated carbocycles. The van der Waals surface area contributed by atoms with Crippen molar-refractivity contribution in [3.8, 4) is 0 Å². The van der Waals surface area contributed by atoms with Crippen LogP contribution in [-0.2, 0) is 0 Å². The molecule has 1 heteroatoms. The van der Waals surface area contributed by atoms with Crippen LogP contribution in [0.3, 0.4) is 0 Å². The maximum absolute atomic E-state index is 4.24. The van der Waals surface area contributed by atoms with Crippen LogP contribution >= 0.6 is 0 Å². The van der Waals surface area contributed by atoms with Gasteiger partial charge in [-0.2, -0.15) is 0 Å². The summed E-state index contributed by atoms with van der Waals surface area (Å²) < 4.78 is 0. The first kappa shape index (κ1) is 12.2. The highest BCUT2D eigenvalue weighted by Gasteiger charge is 1.93. The van der Waals surface area contributed by atoms with Crippen LogP contribution in [0.5, 0.6) is 0 Å². The lowest BCUT2D eigenvalue weighted by Gasteiger charge is -1.99. The number of hydrogen-bond acceptors (Lipinski definition) is 1. The van der Waals surface area contributed by atoms with E-state index in [1.54, 1.807) is 0 Å². The monoisotopic (exact) mass is 179 g/mol. The van der Waals surface area contributed by atoms with E-state index >= 15 is 0 Å². The summed E-state index contributed by atoms with van der Waals surface area (Å²) >= 11 is 0. The number of rotatable bonds is 5. The minimum Gasteiger partial charge on any atom is -0.269 e. The largest absolute Gasteiger partial charge is 0.269 e. The first-order chi connectivity index (χ1) is 6.20. The van der Waals surface area contributed by atoms with Crippen molar-refractivity contribution < 1.29 is 0 Å². The molecule has 0 aliphatic carbocycles. The standard InChI is InChI=1S/C12H21N/c1-5-7-12(6-2)10-13-9-8-11(3)4/h5,7-12H,6H2,1-4H3/b7-5-,9-8-,13-10?. The minimum absolute atomic E-state index is 0.488. The number of nitrogens with zero attached hydrogens (tertiary/aromatic N) is 1. The molecule has 13 heavy (non-hydrogen) atoms. The topological polar surface area (TPSA) is 12.4 Å². The molecule has 1 atom stereocenters. The fourth-order valence-electron chi connectivity index (χ4n) is 0.920. The van der Waals surface area contributed by atoms with Gasteiger partial charge in [-0.1, -0.05) is 39.0 Å². The lowest BCUT2D eigenvalue weighted by molar-refractivity contribution is 0.822. The Balaban J connectivity index is 3.93. The number of aliphatic imine (C=N–C) groups is 1. The normalized spacial score (nSPS) is 15.5. The molecule has 0 amide bonds. The SMILES string of the molecule is C/C=C\C(C=N/C=C\C(C)C)CC. The van der Waals surface area contributed by atoms with Crippen molar-refractivity contribution in [3.63, 3.8) is 0 Å². The highest BCUT2D eigenvalue weighted by Crippen LogP contribution is 2.01. The molecule has 1 unspecified atom stereocenters.